The van der Waals surface area contributed by atoms with Gasteiger partial charge >= 0.3 is 11.6 Å². The molecule has 0 unspecified atom stereocenters. The van der Waals surface area contributed by atoms with Gasteiger partial charge in [0.05, 0.1) is 13.5 Å². The molecule has 1 heterocycles. The smallest absolute Gasteiger partial charge is 0.336 e. The lowest BCUT2D eigenvalue weighted by atomic mass is 10.0. The number of hydrogen-bond donors (Lipinski definition) is 0. The highest BCUT2D eigenvalue weighted by Gasteiger charge is 2.14. The Morgan fingerprint density at radius 1 is 1.04 bits per heavy atom. The van der Waals surface area contributed by atoms with Gasteiger partial charge in [0.1, 0.15) is 17.9 Å². The van der Waals surface area contributed by atoms with Crippen molar-refractivity contribution < 1.29 is 18.7 Å². The molecule has 0 saturated heterocycles. The van der Waals surface area contributed by atoms with E-state index in [4.69, 9.17) is 13.9 Å². The van der Waals surface area contributed by atoms with Gasteiger partial charge in [-0.3, -0.25) is 4.79 Å². The molecule has 2 aromatic carbocycles. The molecule has 0 saturated carbocycles. The molecule has 0 aliphatic heterocycles. The van der Waals surface area contributed by atoms with Gasteiger partial charge in [0.15, 0.2) is 0 Å². The van der Waals surface area contributed by atoms with E-state index in [2.05, 4.69) is 0 Å². The number of fused-ring (bicyclic) bond motifs is 1. The van der Waals surface area contributed by atoms with Crippen LogP contribution in [0.25, 0.3) is 11.0 Å². The molecule has 0 radical (unpaired) electrons. The van der Waals surface area contributed by atoms with Crippen molar-refractivity contribution in [2.24, 2.45) is 0 Å². The van der Waals surface area contributed by atoms with E-state index >= 15 is 0 Å². The quantitative estimate of drug-likeness (QED) is 0.504. The molecule has 27 heavy (non-hydrogen) atoms. The van der Waals surface area contributed by atoms with Crippen LogP contribution in [0.3, 0.4) is 0 Å². The summed E-state index contributed by atoms with van der Waals surface area (Å²) < 4.78 is 16.1. The normalized spacial score (nSPS) is 10.8. The Morgan fingerprint density at radius 3 is 2.56 bits per heavy atom. The summed E-state index contributed by atoms with van der Waals surface area (Å²) in [7, 11) is 1.57. The van der Waals surface area contributed by atoms with Crippen LogP contribution in [0.1, 0.15) is 27.8 Å². The molecule has 0 bridgehead atoms. The maximum atomic E-state index is 12.3. The van der Waals surface area contributed by atoms with Gasteiger partial charge in [-0.25, -0.2) is 4.79 Å². The average molecular weight is 366 g/mol. The van der Waals surface area contributed by atoms with Crippen molar-refractivity contribution in [2.75, 3.05) is 7.11 Å². The average Bonchev–Trinajstić information content (AvgIpc) is 2.63. The van der Waals surface area contributed by atoms with Crippen LogP contribution in [0.15, 0.2) is 45.6 Å². The van der Waals surface area contributed by atoms with Crippen LogP contribution >= 0.6 is 0 Å². The second-order valence-electron chi connectivity index (χ2n) is 6.63. The van der Waals surface area contributed by atoms with E-state index < -0.39 is 5.63 Å². The molecular formula is C22H22O5. The van der Waals surface area contributed by atoms with Crippen molar-refractivity contribution in [3.05, 3.63) is 74.6 Å². The van der Waals surface area contributed by atoms with Crippen LogP contribution in [-0.2, 0) is 22.6 Å². The van der Waals surface area contributed by atoms with E-state index in [9.17, 15) is 9.59 Å². The molecular weight excluding hydrogens is 344 g/mol. The predicted octanol–water partition coefficient (Wildman–Crippen LogP) is 4.01. The second-order valence-corrected chi connectivity index (χ2v) is 6.63. The number of carbonyl (C=O) groups excluding carboxylic acids is 1. The first-order valence-electron chi connectivity index (χ1n) is 8.71. The number of ether oxygens (including phenoxy) is 2. The van der Waals surface area contributed by atoms with Crippen LogP contribution in [0, 0.1) is 20.8 Å². The van der Waals surface area contributed by atoms with E-state index in [-0.39, 0.29) is 19.0 Å². The van der Waals surface area contributed by atoms with Crippen molar-refractivity contribution >= 4 is 16.9 Å². The van der Waals surface area contributed by atoms with Crippen LogP contribution < -0.4 is 10.4 Å². The van der Waals surface area contributed by atoms with E-state index in [1.807, 2.05) is 51.1 Å². The number of rotatable bonds is 5. The molecule has 3 aromatic rings. The zero-order valence-electron chi connectivity index (χ0n) is 15.9. The molecule has 5 heteroatoms. The monoisotopic (exact) mass is 366 g/mol. The predicted molar refractivity (Wildman–Crippen MR) is 103 cm³/mol. The number of esters is 1. The third kappa shape index (κ3) is 4.03. The number of hydrogen-bond acceptors (Lipinski definition) is 5. The minimum atomic E-state index is -0.456. The number of methoxy groups -OCH3 is 1. The summed E-state index contributed by atoms with van der Waals surface area (Å²) in [5.41, 5.74) is 4.46. The first-order valence-corrected chi connectivity index (χ1v) is 8.71. The zero-order valence-corrected chi connectivity index (χ0v) is 15.9. The molecule has 0 atom stereocenters. The van der Waals surface area contributed by atoms with Gasteiger partial charge in [-0.05, 0) is 38.0 Å². The summed E-state index contributed by atoms with van der Waals surface area (Å²) in [6.45, 7) is 5.82. The van der Waals surface area contributed by atoms with Gasteiger partial charge in [-0.2, -0.15) is 0 Å². The molecule has 0 spiro atoms. The van der Waals surface area contributed by atoms with Gasteiger partial charge in [0.2, 0.25) is 0 Å². The molecule has 1 aromatic heterocycles. The first kappa shape index (κ1) is 18.7. The van der Waals surface area contributed by atoms with Crippen molar-refractivity contribution in [3.8, 4) is 5.75 Å². The van der Waals surface area contributed by atoms with Gasteiger partial charge in [-0.15, -0.1) is 0 Å². The summed E-state index contributed by atoms with van der Waals surface area (Å²) in [5.74, 6) is 0.263. The van der Waals surface area contributed by atoms with Crippen molar-refractivity contribution in [2.45, 2.75) is 33.8 Å². The Hall–Kier alpha value is -3.08. The van der Waals surface area contributed by atoms with Crippen LogP contribution in [0.2, 0.25) is 0 Å². The summed E-state index contributed by atoms with van der Waals surface area (Å²) in [6.07, 6.45) is 0.0996. The Bertz CT molecular complexity index is 1060. The van der Waals surface area contributed by atoms with E-state index in [0.717, 1.165) is 27.6 Å². The molecule has 0 fully saturated rings. The maximum absolute atomic E-state index is 12.3. The maximum Gasteiger partial charge on any atom is 0.336 e. The van der Waals surface area contributed by atoms with E-state index in [1.54, 1.807) is 7.11 Å². The third-order valence-corrected chi connectivity index (χ3v) is 4.68. The highest BCUT2D eigenvalue weighted by molar-refractivity contribution is 5.84. The molecule has 140 valence electrons. The van der Waals surface area contributed by atoms with Gasteiger partial charge in [-0.1, -0.05) is 29.8 Å². The minimum Gasteiger partial charge on any atom is -0.496 e. The number of benzene rings is 2. The first-order chi connectivity index (χ1) is 12.9. The summed E-state index contributed by atoms with van der Waals surface area (Å²) in [5, 5.41) is 0.777. The molecule has 5 nitrogen and oxygen atoms in total. The highest BCUT2D eigenvalue weighted by Crippen LogP contribution is 2.24. The van der Waals surface area contributed by atoms with Gasteiger partial charge in [0, 0.05) is 22.6 Å². The summed E-state index contributed by atoms with van der Waals surface area (Å²) in [4.78, 5) is 24.2. The van der Waals surface area contributed by atoms with Crippen LogP contribution in [-0.4, -0.2) is 13.1 Å². The van der Waals surface area contributed by atoms with Crippen LogP contribution in [0.5, 0.6) is 5.75 Å². The SMILES string of the molecule is COc1ccc(C)cc1CC(=O)OCc1cc(=O)oc2c(C)c(C)ccc12. The fourth-order valence-corrected chi connectivity index (χ4v) is 3.05. The molecule has 3 rings (SSSR count). The highest BCUT2D eigenvalue weighted by atomic mass is 16.5. The molecule has 0 aliphatic carbocycles. The topological polar surface area (TPSA) is 65.7 Å². The van der Waals surface area contributed by atoms with Crippen molar-refractivity contribution in [1.29, 1.82) is 0 Å². The fraction of sp³-hybridized carbons (Fsp3) is 0.273. The third-order valence-electron chi connectivity index (χ3n) is 4.68. The minimum absolute atomic E-state index is 0.0115. The zero-order chi connectivity index (χ0) is 19.6. The van der Waals surface area contributed by atoms with E-state index in [0.29, 0.717) is 16.9 Å². The van der Waals surface area contributed by atoms with Crippen LogP contribution in [0.4, 0.5) is 0 Å². The van der Waals surface area contributed by atoms with Gasteiger partial charge < -0.3 is 13.9 Å². The van der Waals surface area contributed by atoms with Crippen molar-refractivity contribution in [3.63, 3.8) is 0 Å². The number of carbonyl (C=O) groups is 1. The van der Waals surface area contributed by atoms with Gasteiger partial charge in [0.25, 0.3) is 0 Å². The lowest BCUT2D eigenvalue weighted by Crippen LogP contribution is -2.11. The Morgan fingerprint density at radius 2 is 1.81 bits per heavy atom. The fourth-order valence-electron chi connectivity index (χ4n) is 3.05. The lowest BCUT2D eigenvalue weighted by Gasteiger charge is -2.11. The Kier molecular flexibility index (Phi) is 5.31. The second kappa shape index (κ2) is 7.66. The Labute approximate surface area is 157 Å². The summed E-state index contributed by atoms with van der Waals surface area (Å²) >= 11 is 0. The summed E-state index contributed by atoms with van der Waals surface area (Å²) in [6, 6.07) is 10.9. The van der Waals surface area contributed by atoms with Crippen molar-refractivity contribution in [1.82, 2.24) is 0 Å². The molecule has 0 N–H and O–H groups in total. The number of aryl methyl sites for hydroxylation is 3. The standard InChI is InChI=1S/C22H22O5/c1-13-5-8-19(25-4)16(9-13)10-20(23)26-12-17-11-21(24)27-22-15(3)14(2)6-7-18(17)22/h5-9,11H,10,12H2,1-4H3. The Balaban J connectivity index is 1.81. The molecule has 0 aliphatic rings. The molecule has 0 amide bonds. The largest absolute Gasteiger partial charge is 0.496 e. The van der Waals surface area contributed by atoms with E-state index in [1.165, 1.54) is 6.07 Å². The lowest BCUT2D eigenvalue weighted by molar-refractivity contribution is -0.144.